The first-order valence-corrected chi connectivity index (χ1v) is 14.3. The first-order chi connectivity index (χ1) is 19.8. The molecule has 7 nitrogen and oxygen atoms in total. The van der Waals surface area contributed by atoms with E-state index in [1.54, 1.807) is 14.2 Å². The lowest BCUT2D eigenvalue weighted by Gasteiger charge is -2.19. The maximum atomic E-state index is 11.8. The second-order valence-corrected chi connectivity index (χ2v) is 12.8. The molecule has 43 heavy (non-hydrogen) atoms. The molecule has 0 spiro atoms. The molecule has 0 N–H and O–H groups in total. The number of carbonyl (C=O) groups excluding carboxylic acids is 3. The van der Waals surface area contributed by atoms with Crippen LogP contribution < -0.4 is 0 Å². The summed E-state index contributed by atoms with van der Waals surface area (Å²) in [5.41, 5.74) is 0.850. The summed E-state index contributed by atoms with van der Waals surface area (Å²) >= 11 is 0. The van der Waals surface area contributed by atoms with Crippen molar-refractivity contribution in [1.82, 2.24) is 0 Å². The molecule has 0 atom stereocenters. The minimum Gasteiger partial charge on any atom is -0.460 e. The van der Waals surface area contributed by atoms with Crippen molar-refractivity contribution < 1.29 is 33.3 Å². The zero-order chi connectivity index (χ0) is 33.3. The molecule has 0 amide bonds. The molecule has 3 aromatic rings. The normalized spacial score (nSPS) is 10.9. The van der Waals surface area contributed by atoms with Crippen LogP contribution in [-0.2, 0) is 46.2 Å². The van der Waals surface area contributed by atoms with Crippen molar-refractivity contribution in [3.8, 4) is 0 Å². The molecule has 0 aliphatic rings. The summed E-state index contributed by atoms with van der Waals surface area (Å²) < 4.78 is 19.6. The van der Waals surface area contributed by atoms with Crippen LogP contribution in [0, 0.1) is 0 Å². The Morgan fingerprint density at radius 1 is 0.558 bits per heavy atom. The number of ether oxygens (including phenoxy) is 4. The van der Waals surface area contributed by atoms with Crippen LogP contribution >= 0.6 is 0 Å². The van der Waals surface area contributed by atoms with E-state index in [0.29, 0.717) is 12.8 Å². The lowest BCUT2D eigenvalue weighted by atomic mass is 10.0. The number of fused-ring (bicyclic) bond motifs is 1. The van der Waals surface area contributed by atoms with Gasteiger partial charge in [0.05, 0.1) is 12.8 Å². The van der Waals surface area contributed by atoms with Gasteiger partial charge in [0.1, 0.15) is 16.8 Å². The second kappa shape index (κ2) is 18.7. The largest absolute Gasteiger partial charge is 0.460 e. The molecular formula is C36H52O7. The zero-order valence-corrected chi connectivity index (χ0v) is 28.2. The van der Waals surface area contributed by atoms with E-state index >= 15 is 0 Å². The van der Waals surface area contributed by atoms with E-state index < -0.39 is 11.2 Å². The van der Waals surface area contributed by atoms with Crippen molar-refractivity contribution in [2.45, 2.75) is 98.9 Å². The summed E-state index contributed by atoms with van der Waals surface area (Å²) in [5, 5.41) is 2.27. The van der Waals surface area contributed by atoms with Gasteiger partial charge in [-0.3, -0.25) is 14.4 Å². The summed E-state index contributed by atoms with van der Waals surface area (Å²) in [4.78, 5) is 33.5. The lowest BCUT2D eigenvalue weighted by Crippen LogP contribution is -2.24. The molecule has 0 unspecified atom stereocenters. The quantitative estimate of drug-likeness (QED) is 0.223. The van der Waals surface area contributed by atoms with Crippen LogP contribution in [0.15, 0.2) is 72.8 Å². The van der Waals surface area contributed by atoms with Crippen molar-refractivity contribution in [2.75, 3.05) is 14.2 Å². The van der Waals surface area contributed by atoms with E-state index in [4.69, 9.17) is 14.2 Å². The lowest BCUT2D eigenvalue weighted by molar-refractivity contribution is -0.155. The maximum absolute atomic E-state index is 11.8. The average molecular weight is 597 g/mol. The van der Waals surface area contributed by atoms with Gasteiger partial charge >= 0.3 is 17.9 Å². The fraction of sp³-hybridized carbons (Fsp3) is 0.472. The number of benzene rings is 3. The van der Waals surface area contributed by atoms with E-state index in [1.165, 1.54) is 6.92 Å². The Hall–Kier alpha value is -3.71. The maximum Gasteiger partial charge on any atom is 0.310 e. The Balaban J connectivity index is 0.000000627. The van der Waals surface area contributed by atoms with Crippen LogP contribution in [0.1, 0.15) is 80.4 Å². The number of methoxy groups -OCH3 is 1. The SMILES string of the molecule is CC(=O)OC(C)(C)C.CC(C)(C)OC(=O)Cc1cccc2ccccc12.CC(C)(C)OC(=O)Cc1ccccc1.COC. The van der Waals surface area contributed by atoms with Gasteiger partial charge in [0.2, 0.25) is 0 Å². The Kier molecular flexibility index (Phi) is 17.1. The van der Waals surface area contributed by atoms with Gasteiger partial charge in [0, 0.05) is 21.1 Å². The van der Waals surface area contributed by atoms with Crippen LogP contribution in [0.4, 0.5) is 0 Å². The van der Waals surface area contributed by atoms with Crippen molar-refractivity contribution in [1.29, 1.82) is 0 Å². The summed E-state index contributed by atoms with van der Waals surface area (Å²) in [6.07, 6.45) is 0.663. The minimum absolute atomic E-state index is 0.177. The van der Waals surface area contributed by atoms with Crippen LogP contribution in [-0.4, -0.2) is 48.9 Å². The van der Waals surface area contributed by atoms with Gasteiger partial charge in [-0.25, -0.2) is 0 Å². The highest BCUT2D eigenvalue weighted by atomic mass is 16.6. The second-order valence-electron chi connectivity index (χ2n) is 12.8. The molecule has 0 heterocycles. The molecular weight excluding hydrogens is 544 g/mol. The molecule has 0 saturated heterocycles. The molecule has 3 rings (SSSR count). The van der Waals surface area contributed by atoms with Crippen molar-refractivity contribution >= 4 is 28.7 Å². The highest BCUT2D eigenvalue weighted by Gasteiger charge is 2.17. The van der Waals surface area contributed by atoms with Gasteiger partial charge in [-0.2, -0.15) is 0 Å². The zero-order valence-electron chi connectivity index (χ0n) is 28.2. The van der Waals surface area contributed by atoms with E-state index in [-0.39, 0.29) is 23.5 Å². The van der Waals surface area contributed by atoms with E-state index in [9.17, 15) is 14.4 Å². The number of esters is 3. The van der Waals surface area contributed by atoms with Crippen LogP contribution in [0.3, 0.4) is 0 Å². The Bertz CT molecular complexity index is 1240. The predicted octanol–water partition coefficient (Wildman–Crippen LogP) is 7.91. The number of rotatable bonds is 4. The van der Waals surface area contributed by atoms with Crippen LogP contribution in [0.5, 0.6) is 0 Å². The first kappa shape index (κ1) is 39.3. The van der Waals surface area contributed by atoms with Gasteiger partial charge < -0.3 is 18.9 Å². The van der Waals surface area contributed by atoms with Crippen molar-refractivity contribution in [3.05, 3.63) is 83.9 Å². The third kappa shape index (κ3) is 21.6. The summed E-state index contributed by atoms with van der Waals surface area (Å²) in [6, 6.07) is 23.7. The Morgan fingerprint density at radius 3 is 1.42 bits per heavy atom. The van der Waals surface area contributed by atoms with Gasteiger partial charge in [-0.05, 0) is 84.2 Å². The molecule has 0 aliphatic heterocycles. The monoisotopic (exact) mass is 596 g/mol. The first-order valence-electron chi connectivity index (χ1n) is 14.3. The molecule has 0 aromatic heterocycles. The van der Waals surface area contributed by atoms with Gasteiger partial charge in [-0.15, -0.1) is 0 Å². The summed E-state index contributed by atoms with van der Waals surface area (Å²) in [6.45, 7) is 18.2. The van der Waals surface area contributed by atoms with Gasteiger partial charge in [0.15, 0.2) is 0 Å². The van der Waals surface area contributed by atoms with Crippen molar-refractivity contribution in [2.24, 2.45) is 0 Å². The Labute approximate surface area is 258 Å². The fourth-order valence-electron chi connectivity index (χ4n) is 3.55. The van der Waals surface area contributed by atoms with E-state index in [1.807, 2.05) is 135 Å². The highest BCUT2D eigenvalue weighted by Crippen LogP contribution is 2.20. The number of hydrogen-bond acceptors (Lipinski definition) is 7. The predicted molar refractivity (Wildman–Crippen MR) is 174 cm³/mol. The van der Waals surface area contributed by atoms with Gasteiger partial charge in [0.25, 0.3) is 0 Å². The number of carbonyl (C=O) groups is 3. The Morgan fingerprint density at radius 2 is 0.977 bits per heavy atom. The molecule has 0 saturated carbocycles. The molecule has 3 aromatic carbocycles. The summed E-state index contributed by atoms with van der Waals surface area (Å²) in [7, 11) is 3.25. The average Bonchev–Trinajstić information content (AvgIpc) is 2.82. The van der Waals surface area contributed by atoms with Crippen LogP contribution in [0.2, 0.25) is 0 Å². The molecule has 0 radical (unpaired) electrons. The fourth-order valence-corrected chi connectivity index (χ4v) is 3.55. The molecule has 238 valence electrons. The minimum atomic E-state index is -0.429. The van der Waals surface area contributed by atoms with Crippen molar-refractivity contribution in [3.63, 3.8) is 0 Å². The van der Waals surface area contributed by atoms with Gasteiger partial charge in [-0.1, -0.05) is 72.8 Å². The molecule has 7 heteroatoms. The summed E-state index contributed by atoms with van der Waals surface area (Å²) in [5.74, 6) is -0.583. The number of hydrogen-bond donors (Lipinski definition) is 0. The third-order valence-electron chi connectivity index (χ3n) is 4.70. The highest BCUT2D eigenvalue weighted by molar-refractivity contribution is 5.89. The van der Waals surface area contributed by atoms with E-state index in [2.05, 4.69) is 4.74 Å². The van der Waals surface area contributed by atoms with Crippen LogP contribution in [0.25, 0.3) is 10.8 Å². The molecule has 0 fully saturated rings. The third-order valence-corrected chi connectivity index (χ3v) is 4.70. The topological polar surface area (TPSA) is 88.1 Å². The van der Waals surface area contributed by atoms with E-state index in [0.717, 1.165) is 21.9 Å². The molecule has 0 aliphatic carbocycles. The standard InChI is InChI=1S/C16H18O2.C12H16O2.C6H12O2.C2H6O/c1-16(2,3)18-15(17)11-13-9-6-8-12-7-4-5-10-14(12)13;1-12(2,3)14-11(13)9-10-7-5-4-6-8-10;1-5(7)8-6(2,3)4;1-3-2/h4-10H,11H2,1-3H3;4-8H,9H2,1-3H3;1-4H3;1-2H3. The molecule has 0 bridgehead atoms. The smallest absolute Gasteiger partial charge is 0.310 e.